The molecule has 2 aromatic carbocycles. The van der Waals surface area contributed by atoms with Crippen LogP contribution in [0.1, 0.15) is 33.8 Å². The van der Waals surface area contributed by atoms with Gasteiger partial charge in [-0.15, -0.1) is 0 Å². The number of hydrogen-bond donors (Lipinski definition) is 2. The normalized spacial score (nSPS) is 17.7. The number of aromatic nitrogens is 2. The van der Waals surface area contributed by atoms with Gasteiger partial charge in [0.1, 0.15) is 11.9 Å². The summed E-state index contributed by atoms with van der Waals surface area (Å²) >= 11 is 5.66. The van der Waals surface area contributed by atoms with Crippen LogP contribution in [-0.2, 0) is 0 Å². The number of nitrogens with one attached hydrogen (secondary N) is 1. The third-order valence-electron chi connectivity index (χ3n) is 5.69. The summed E-state index contributed by atoms with van der Waals surface area (Å²) in [6, 6.07) is 21.9. The molecule has 0 saturated carbocycles. The standard InChI is InChI=1S/C25H19FN4O2S/c26-18-6-1-2-8-20(18)30-23(22(28-25(30)33)19-7-3-4-14-27-19)21-9-5-15-29(21)17-12-10-16(11-13-17)24(31)32/h1-15,22-23H,(H,28,33)(H,31,32)/t22-,23-/m1/s1. The molecule has 0 spiro atoms. The Hall–Kier alpha value is -4.04. The van der Waals surface area contributed by atoms with Gasteiger partial charge in [-0.1, -0.05) is 18.2 Å². The fourth-order valence-corrected chi connectivity index (χ4v) is 4.54. The predicted molar refractivity (Wildman–Crippen MR) is 127 cm³/mol. The van der Waals surface area contributed by atoms with Gasteiger partial charge in [-0.05, 0) is 72.9 Å². The first kappa shape index (κ1) is 20.8. The van der Waals surface area contributed by atoms with E-state index in [0.717, 1.165) is 17.1 Å². The number of carbonyl (C=O) groups is 1. The Kier molecular flexibility index (Phi) is 5.35. The molecule has 6 nitrogen and oxygen atoms in total. The fraction of sp³-hybridized carbons (Fsp3) is 0.0800. The van der Waals surface area contributed by atoms with Crippen LogP contribution in [0.2, 0.25) is 0 Å². The number of hydrogen-bond acceptors (Lipinski definition) is 3. The lowest BCUT2D eigenvalue weighted by Gasteiger charge is -2.29. The van der Waals surface area contributed by atoms with Crippen molar-refractivity contribution in [2.24, 2.45) is 0 Å². The lowest BCUT2D eigenvalue weighted by Crippen LogP contribution is -2.31. The average Bonchev–Trinajstić information content (AvgIpc) is 3.44. The van der Waals surface area contributed by atoms with E-state index in [1.54, 1.807) is 53.6 Å². The summed E-state index contributed by atoms with van der Waals surface area (Å²) in [7, 11) is 0. The van der Waals surface area contributed by atoms with Gasteiger partial charge in [0.25, 0.3) is 0 Å². The molecule has 2 aromatic heterocycles. The number of para-hydroxylation sites is 1. The second-order valence-electron chi connectivity index (χ2n) is 7.60. The molecule has 3 heterocycles. The molecular weight excluding hydrogens is 439 g/mol. The van der Waals surface area contributed by atoms with E-state index in [2.05, 4.69) is 10.3 Å². The van der Waals surface area contributed by atoms with Gasteiger partial charge in [0.05, 0.1) is 23.0 Å². The van der Waals surface area contributed by atoms with Crippen LogP contribution in [0.25, 0.3) is 5.69 Å². The quantitative estimate of drug-likeness (QED) is 0.415. The first-order valence-corrected chi connectivity index (χ1v) is 10.7. The molecule has 1 fully saturated rings. The Morgan fingerprint density at radius 2 is 1.76 bits per heavy atom. The second kappa shape index (κ2) is 8.48. The van der Waals surface area contributed by atoms with Crippen molar-refractivity contribution >= 4 is 29.0 Å². The molecule has 2 N–H and O–H groups in total. The maximum atomic E-state index is 14.9. The molecule has 2 atom stereocenters. The molecule has 1 saturated heterocycles. The van der Waals surface area contributed by atoms with E-state index in [1.165, 1.54) is 6.07 Å². The molecule has 33 heavy (non-hydrogen) atoms. The van der Waals surface area contributed by atoms with E-state index in [-0.39, 0.29) is 17.4 Å². The Balaban J connectivity index is 1.65. The minimum Gasteiger partial charge on any atom is -0.478 e. The number of thiocarbonyl (C=S) groups is 1. The van der Waals surface area contributed by atoms with E-state index >= 15 is 0 Å². The van der Waals surface area contributed by atoms with Crippen LogP contribution in [0.4, 0.5) is 10.1 Å². The van der Waals surface area contributed by atoms with Crippen molar-refractivity contribution in [3.05, 3.63) is 114 Å². The molecule has 0 unspecified atom stereocenters. The predicted octanol–water partition coefficient (Wildman–Crippen LogP) is 4.89. The van der Waals surface area contributed by atoms with E-state index in [9.17, 15) is 14.3 Å². The highest BCUT2D eigenvalue weighted by Crippen LogP contribution is 2.42. The third-order valence-corrected chi connectivity index (χ3v) is 6.00. The number of carboxylic acid groups (broad SMARTS) is 1. The van der Waals surface area contributed by atoms with Crippen molar-refractivity contribution in [2.45, 2.75) is 12.1 Å². The highest BCUT2D eigenvalue weighted by molar-refractivity contribution is 7.80. The summed E-state index contributed by atoms with van der Waals surface area (Å²) in [4.78, 5) is 17.6. The number of halogens is 1. The highest BCUT2D eigenvalue weighted by Gasteiger charge is 2.42. The maximum absolute atomic E-state index is 14.9. The molecular formula is C25H19FN4O2S. The highest BCUT2D eigenvalue weighted by atomic mass is 32.1. The van der Waals surface area contributed by atoms with Crippen molar-refractivity contribution in [2.75, 3.05) is 4.90 Å². The summed E-state index contributed by atoms with van der Waals surface area (Å²) in [5.74, 6) is -1.36. The summed E-state index contributed by atoms with van der Waals surface area (Å²) in [6.07, 6.45) is 3.61. The van der Waals surface area contributed by atoms with Crippen LogP contribution in [0.15, 0.2) is 91.3 Å². The smallest absolute Gasteiger partial charge is 0.335 e. The number of anilines is 1. The molecule has 5 rings (SSSR count). The van der Waals surface area contributed by atoms with E-state index < -0.39 is 12.0 Å². The molecule has 0 amide bonds. The fourth-order valence-electron chi connectivity index (χ4n) is 4.20. The first-order valence-electron chi connectivity index (χ1n) is 10.3. The molecule has 8 heteroatoms. The van der Waals surface area contributed by atoms with Crippen LogP contribution in [-0.4, -0.2) is 25.7 Å². The minimum atomic E-state index is -0.986. The van der Waals surface area contributed by atoms with Gasteiger partial charge >= 0.3 is 5.97 Å². The lowest BCUT2D eigenvalue weighted by molar-refractivity contribution is 0.0697. The Morgan fingerprint density at radius 3 is 2.45 bits per heavy atom. The minimum absolute atomic E-state index is 0.204. The van der Waals surface area contributed by atoms with Gasteiger partial charge in [0.2, 0.25) is 0 Å². The number of rotatable bonds is 5. The van der Waals surface area contributed by atoms with Crippen LogP contribution in [0.5, 0.6) is 0 Å². The Labute approximate surface area is 194 Å². The van der Waals surface area contributed by atoms with Crippen LogP contribution in [0, 0.1) is 5.82 Å². The van der Waals surface area contributed by atoms with E-state index in [1.807, 2.05) is 41.1 Å². The number of benzene rings is 2. The van der Waals surface area contributed by atoms with Gasteiger partial charge in [0, 0.05) is 23.8 Å². The average molecular weight is 459 g/mol. The monoisotopic (exact) mass is 458 g/mol. The van der Waals surface area contributed by atoms with Crippen molar-refractivity contribution in [1.29, 1.82) is 0 Å². The molecule has 0 bridgehead atoms. The number of pyridine rings is 1. The molecule has 164 valence electrons. The molecule has 0 aliphatic carbocycles. The number of aromatic carboxylic acids is 1. The zero-order valence-electron chi connectivity index (χ0n) is 17.3. The summed E-state index contributed by atoms with van der Waals surface area (Å²) < 4.78 is 16.8. The molecule has 4 aromatic rings. The summed E-state index contributed by atoms with van der Waals surface area (Å²) in [5.41, 5.74) is 2.98. The van der Waals surface area contributed by atoms with Gasteiger partial charge in [-0.3, -0.25) is 4.98 Å². The summed E-state index contributed by atoms with van der Waals surface area (Å²) in [6.45, 7) is 0. The van der Waals surface area contributed by atoms with Crippen molar-refractivity contribution < 1.29 is 14.3 Å². The molecule has 0 radical (unpaired) electrons. The van der Waals surface area contributed by atoms with Gasteiger partial charge in [0.15, 0.2) is 5.11 Å². The molecule has 1 aliphatic heterocycles. The van der Waals surface area contributed by atoms with Gasteiger partial charge in [-0.2, -0.15) is 0 Å². The van der Waals surface area contributed by atoms with E-state index in [4.69, 9.17) is 12.2 Å². The van der Waals surface area contributed by atoms with Crippen molar-refractivity contribution in [3.8, 4) is 5.69 Å². The lowest BCUT2D eigenvalue weighted by atomic mass is 10.0. The zero-order valence-corrected chi connectivity index (χ0v) is 18.1. The topological polar surface area (TPSA) is 70.4 Å². The Morgan fingerprint density at radius 1 is 1.00 bits per heavy atom. The van der Waals surface area contributed by atoms with Gasteiger partial charge < -0.3 is 19.9 Å². The Bertz CT molecular complexity index is 1320. The van der Waals surface area contributed by atoms with Crippen LogP contribution < -0.4 is 10.2 Å². The first-order chi connectivity index (χ1) is 16.0. The SMILES string of the molecule is O=C(O)c1ccc(-n2cccc2[C@@H]2[C@@H](c3ccccn3)NC(=S)N2c2ccccc2F)cc1. The molecule has 1 aliphatic rings. The number of carboxylic acids is 1. The van der Waals surface area contributed by atoms with Crippen LogP contribution in [0.3, 0.4) is 0 Å². The van der Waals surface area contributed by atoms with Crippen LogP contribution >= 0.6 is 12.2 Å². The maximum Gasteiger partial charge on any atom is 0.335 e. The number of nitrogens with zero attached hydrogens (tertiary/aromatic N) is 3. The zero-order chi connectivity index (χ0) is 22.9. The van der Waals surface area contributed by atoms with Crippen molar-refractivity contribution in [1.82, 2.24) is 14.9 Å². The largest absolute Gasteiger partial charge is 0.478 e. The van der Waals surface area contributed by atoms with E-state index in [0.29, 0.717) is 10.8 Å². The summed E-state index contributed by atoms with van der Waals surface area (Å²) in [5, 5.41) is 13.0. The second-order valence-corrected chi connectivity index (χ2v) is 7.99. The van der Waals surface area contributed by atoms with Gasteiger partial charge in [-0.25, -0.2) is 9.18 Å². The van der Waals surface area contributed by atoms with Crippen molar-refractivity contribution in [3.63, 3.8) is 0 Å². The third kappa shape index (κ3) is 3.74.